The highest BCUT2D eigenvalue weighted by molar-refractivity contribution is 5.93. The number of Topliss-reactive ketones (excluding diaryl/α,β-unsaturated/α-hetero) is 1. The van der Waals surface area contributed by atoms with Crippen molar-refractivity contribution in [3.63, 3.8) is 0 Å². The number of ketones is 1. The smallest absolute Gasteiger partial charge is 0.161 e. The maximum absolute atomic E-state index is 11.0. The number of hydrogen-bond donors (Lipinski definition) is 1. The summed E-state index contributed by atoms with van der Waals surface area (Å²) in [6.07, 6.45) is 3.60. The zero-order valence-corrected chi connectivity index (χ0v) is 7.58. The summed E-state index contributed by atoms with van der Waals surface area (Å²) in [5.74, 6) is 0.0425. The molecule has 2 rings (SSSR count). The molecule has 1 fully saturated rings. The summed E-state index contributed by atoms with van der Waals surface area (Å²) < 4.78 is 0. The van der Waals surface area contributed by atoms with Gasteiger partial charge < -0.3 is 5.73 Å². The number of carbonyl (C=O) groups is 1. The molecule has 1 saturated carbocycles. The average molecular weight is 176 g/mol. The number of carbonyl (C=O) groups excluding carboxylic acids is 1. The number of rotatable bonds is 2. The Kier molecular flexibility index (Phi) is 1.70. The quantitative estimate of drug-likeness (QED) is 0.689. The van der Waals surface area contributed by atoms with Crippen molar-refractivity contribution in [2.75, 3.05) is 0 Å². The van der Waals surface area contributed by atoms with Crippen LogP contribution >= 0.6 is 0 Å². The van der Waals surface area contributed by atoms with Crippen molar-refractivity contribution in [3.05, 3.63) is 29.6 Å². The molecule has 1 aromatic rings. The minimum atomic E-state index is -0.199. The molecule has 0 amide bonds. The van der Waals surface area contributed by atoms with Crippen molar-refractivity contribution in [2.24, 2.45) is 5.73 Å². The molecule has 0 saturated heterocycles. The van der Waals surface area contributed by atoms with E-state index in [1.165, 1.54) is 6.92 Å². The first-order valence-electron chi connectivity index (χ1n) is 4.38. The van der Waals surface area contributed by atoms with Crippen LogP contribution in [0.3, 0.4) is 0 Å². The van der Waals surface area contributed by atoms with E-state index in [2.05, 4.69) is 4.98 Å². The van der Waals surface area contributed by atoms with Crippen LogP contribution in [-0.4, -0.2) is 10.8 Å². The molecule has 13 heavy (non-hydrogen) atoms. The number of hydrogen-bond acceptors (Lipinski definition) is 3. The average Bonchev–Trinajstić information content (AvgIpc) is 2.85. The van der Waals surface area contributed by atoms with Crippen molar-refractivity contribution in [1.29, 1.82) is 0 Å². The lowest BCUT2D eigenvalue weighted by atomic mass is 10.1. The van der Waals surface area contributed by atoms with Gasteiger partial charge in [0.25, 0.3) is 0 Å². The monoisotopic (exact) mass is 176 g/mol. The molecule has 0 aliphatic heterocycles. The van der Waals surface area contributed by atoms with Crippen molar-refractivity contribution in [2.45, 2.75) is 25.3 Å². The number of nitrogens with zero attached hydrogens (tertiary/aromatic N) is 1. The molecule has 2 N–H and O–H groups in total. The Morgan fingerprint density at radius 1 is 1.54 bits per heavy atom. The third-order valence-electron chi connectivity index (χ3n) is 2.47. The first-order chi connectivity index (χ1) is 6.12. The molecule has 68 valence electrons. The van der Waals surface area contributed by atoms with E-state index in [9.17, 15) is 4.79 Å². The van der Waals surface area contributed by atoms with Gasteiger partial charge in [-0.2, -0.15) is 0 Å². The van der Waals surface area contributed by atoms with E-state index in [4.69, 9.17) is 5.73 Å². The normalized spacial score (nSPS) is 18.3. The minimum Gasteiger partial charge on any atom is -0.320 e. The van der Waals surface area contributed by atoms with Crippen LogP contribution in [0, 0.1) is 0 Å². The molecular weight excluding hydrogens is 164 g/mol. The van der Waals surface area contributed by atoms with Crippen LogP contribution < -0.4 is 5.73 Å². The summed E-state index contributed by atoms with van der Waals surface area (Å²) in [5.41, 5.74) is 7.29. The van der Waals surface area contributed by atoms with E-state index in [0.29, 0.717) is 5.56 Å². The maximum Gasteiger partial charge on any atom is 0.161 e. The first-order valence-corrected chi connectivity index (χ1v) is 4.38. The highest BCUT2D eigenvalue weighted by Crippen LogP contribution is 2.41. The van der Waals surface area contributed by atoms with Gasteiger partial charge in [-0.05, 0) is 31.9 Å². The zero-order valence-electron chi connectivity index (χ0n) is 7.58. The van der Waals surface area contributed by atoms with E-state index in [0.717, 1.165) is 18.5 Å². The van der Waals surface area contributed by atoms with Gasteiger partial charge >= 0.3 is 0 Å². The lowest BCUT2D eigenvalue weighted by Crippen LogP contribution is -2.20. The molecule has 1 aliphatic carbocycles. The standard InChI is InChI=1S/C10H12N2O/c1-7(13)8-2-3-9(12-6-8)10(11)4-5-10/h2-3,6H,4-5,11H2,1H3. The molecule has 1 heterocycles. The van der Waals surface area contributed by atoms with Crippen LogP contribution in [0.2, 0.25) is 0 Å². The van der Waals surface area contributed by atoms with Crippen molar-refractivity contribution < 1.29 is 4.79 Å². The van der Waals surface area contributed by atoms with Crippen molar-refractivity contribution in [1.82, 2.24) is 4.98 Å². The molecular formula is C10H12N2O. The van der Waals surface area contributed by atoms with E-state index in [1.807, 2.05) is 6.07 Å². The number of pyridine rings is 1. The second kappa shape index (κ2) is 2.64. The van der Waals surface area contributed by atoms with Crippen LogP contribution in [0.1, 0.15) is 35.8 Å². The third kappa shape index (κ3) is 1.47. The number of aromatic nitrogens is 1. The van der Waals surface area contributed by atoms with E-state index >= 15 is 0 Å². The van der Waals surface area contributed by atoms with Gasteiger partial charge in [0, 0.05) is 11.8 Å². The van der Waals surface area contributed by atoms with Crippen LogP contribution in [-0.2, 0) is 5.54 Å². The predicted octanol–water partition coefficient (Wildman–Crippen LogP) is 1.23. The Balaban J connectivity index is 2.28. The van der Waals surface area contributed by atoms with E-state index < -0.39 is 0 Å². The molecule has 3 heteroatoms. The topological polar surface area (TPSA) is 56.0 Å². The second-order valence-electron chi connectivity index (χ2n) is 3.64. The number of nitrogens with two attached hydrogens (primary N) is 1. The fourth-order valence-corrected chi connectivity index (χ4v) is 1.29. The van der Waals surface area contributed by atoms with E-state index in [1.54, 1.807) is 12.3 Å². The van der Waals surface area contributed by atoms with Gasteiger partial charge in [0.1, 0.15) is 0 Å². The van der Waals surface area contributed by atoms with Crippen LogP contribution in [0.5, 0.6) is 0 Å². The molecule has 3 nitrogen and oxygen atoms in total. The predicted molar refractivity (Wildman–Crippen MR) is 49.3 cm³/mol. The maximum atomic E-state index is 11.0. The molecule has 1 aliphatic rings. The summed E-state index contributed by atoms with van der Waals surface area (Å²) in [6, 6.07) is 3.64. The van der Waals surface area contributed by atoms with Crippen molar-refractivity contribution >= 4 is 5.78 Å². The largest absolute Gasteiger partial charge is 0.320 e. The highest BCUT2D eigenvalue weighted by Gasteiger charge is 2.41. The van der Waals surface area contributed by atoms with Gasteiger partial charge in [0.15, 0.2) is 5.78 Å². The molecule has 0 aromatic carbocycles. The lowest BCUT2D eigenvalue weighted by molar-refractivity contribution is 0.101. The molecule has 0 radical (unpaired) electrons. The Morgan fingerprint density at radius 3 is 2.62 bits per heavy atom. The Bertz CT molecular complexity index is 338. The lowest BCUT2D eigenvalue weighted by Gasteiger charge is -2.07. The zero-order chi connectivity index (χ0) is 9.47. The summed E-state index contributed by atoms with van der Waals surface area (Å²) >= 11 is 0. The van der Waals surface area contributed by atoms with Gasteiger partial charge in [-0.25, -0.2) is 0 Å². The fraction of sp³-hybridized carbons (Fsp3) is 0.400. The third-order valence-corrected chi connectivity index (χ3v) is 2.47. The Hall–Kier alpha value is -1.22. The Morgan fingerprint density at radius 2 is 2.23 bits per heavy atom. The minimum absolute atomic E-state index is 0.0425. The van der Waals surface area contributed by atoms with Gasteiger partial charge in [-0.1, -0.05) is 0 Å². The second-order valence-corrected chi connectivity index (χ2v) is 3.64. The highest BCUT2D eigenvalue weighted by atomic mass is 16.1. The molecule has 0 bridgehead atoms. The fourth-order valence-electron chi connectivity index (χ4n) is 1.29. The summed E-state index contributed by atoms with van der Waals surface area (Å²) in [4.78, 5) is 15.1. The molecule has 0 atom stereocenters. The molecule has 1 aromatic heterocycles. The van der Waals surface area contributed by atoms with E-state index in [-0.39, 0.29) is 11.3 Å². The van der Waals surface area contributed by atoms with Gasteiger partial charge in [0.2, 0.25) is 0 Å². The SMILES string of the molecule is CC(=O)c1ccc(C2(N)CC2)nc1. The van der Waals surface area contributed by atoms with Crippen LogP contribution in [0.15, 0.2) is 18.3 Å². The summed E-state index contributed by atoms with van der Waals surface area (Å²) in [7, 11) is 0. The first kappa shape index (κ1) is 8.38. The van der Waals surface area contributed by atoms with Gasteiger partial charge in [-0.15, -0.1) is 0 Å². The summed E-state index contributed by atoms with van der Waals surface area (Å²) in [6.45, 7) is 1.53. The van der Waals surface area contributed by atoms with Gasteiger partial charge in [-0.3, -0.25) is 9.78 Å². The molecule has 0 spiro atoms. The Labute approximate surface area is 77.0 Å². The van der Waals surface area contributed by atoms with Crippen LogP contribution in [0.4, 0.5) is 0 Å². The van der Waals surface area contributed by atoms with Crippen LogP contribution in [0.25, 0.3) is 0 Å². The molecule has 0 unspecified atom stereocenters. The summed E-state index contributed by atoms with van der Waals surface area (Å²) in [5, 5.41) is 0. The van der Waals surface area contributed by atoms with Gasteiger partial charge in [0.05, 0.1) is 11.2 Å². The van der Waals surface area contributed by atoms with Crippen molar-refractivity contribution in [3.8, 4) is 0 Å².